The molecule has 23 heavy (non-hydrogen) atoms. The Hall–Kier alpha value is -2.61. The molecule has 0 atom stereocenters. The normalized spacial score (nSPS) is 14.4. The lowest BCUT2D eigenvalue weighted by molar-refractivity contribution is -0.131. The van der Waals surface area contributed by atoms with Crippen LogP contribution >= 0.6 is 0 Å². The summed E-state index contributed by atoms with van der Waals surface area (Å²) in [6.45, 7) is 5.85. The second-order valence-corrected chi connectivity index (χ2v) is 6.61. The molecule has 0 saturated carbocycles. The summed E-state index contributed by atoms with van der Waals surface area (Å²) in [4.78, 5) is 11.7. The minimum Gasteiger partial charge on any atom is -0.426 e. The van der Waals surface area contributed by atoms with Crippen LogP contribution in [0, 0.1) is 0 Å². The van der Waals surface area contributed by atoms with Crippen LogP contribution in [0.4, 0.5) is 0 Å². The van der Waals surface area contributed by atoms with Crippen LogP contribution in [0.5, 0.6) is 5.75 Å². The van der Waals surface area contributed by atoms with Gasteiger partial charge < -0.3 is 4.74 Å². The molecule has 0 spiro atoms. The minimum absolute atomic E-state index is 0.194. The standard InChI is InChI=1S/C21H18O2/c1-13(22)23-20-15-9-5-4-8-14(15)12-17-16-10-6-7-11-18(16)21(2,3)19(17)20/h4-12H,1-3H3. The number of ether oxygens (including phenoxy) is 1. The molecule has 0 heterocycles. The Labute approximate surface area is 135 Å². The van der Waals surface area contributed by atoms with Crippen molar-refractivity contribution in [1.82, 2.24) is 0 Å². The molecule has 0 aromatic heterocycles. The molecule has 0 amide bonds. The Bertz CT molecular complexity index is 951. The number of esters is 1. The molecule has 0 bridgehead atoms. The fourth-order valence-corrected chi connectivity index (χ4v) is 3.79. The van der Waals surface area contributed by atoms with Gasteiger partial charge in [0.15, 0.2) is 0 Å². The number of benzene rings is 3. The third kappa shape index (κ3) is 1.91. The Morgan fingerprint density at radius 1 is 0.957 bits per heavy atom. The average molecular weight is 302 g/mol. The van der Waals surface area contributed by atoms with Crippen LogP contribution in [0.15, 0.2) is 54.6 Å². The SMILES string of the molecule is CC(=O)Oc1c2c(cc3ccccc13)-c1ccccc1C2(C)C. The van der Waals surface area contributed by atoms with Crippen molar-refractivity contribution in [1.29, 1.82) is 0 Å². The summed E-state index contributed by atoms with van der Waals surface area (Å²) in [5.74, 6) is 0.419. The highest BCUT2D eigenvalue weighted by atomic mass is 16.5. The van der Waals surface area contributed by atoms with E-state index in [1.54, 1.807) is 0 Å². The first kappa shape index (κ1) is 14.0. The van der Waals surface area contributed by atoms with Gasteiger partial charge in [-0.2, -0.15) is 0 Å². The van der Waals surface area contributed by atoms with Gasteiger partial charge in [0.2, 0.25) is 0 Å². The largest absolute Gasteiger partial charge is 0.426 e. The van der Waals surface area contributed by atoms with Crippen LogP contribution in [0.3, 0.4) is 0 Å². The summed E-state index contributed by atoms with van der Waals surface area (Å²) >= 11 is 0. The quantitative estimate of drug-likeness (QED) is 0.463. The molecule has 0 saturated heterocycles. The lowest BCUT2D eigenvalue weighted by Crippen LogP contribution is -2.17. The number of fused-ring (bicyclic) bond motifs is 4. The maximum absolute atomic E-state index is 11.7. The zero-order valence-electron chi connectivity index (χ0n) is 13.5. The van der Waals surface area contributed by atoms with E-state index in [9.17, 15) is 4.79 Å². The number of carbonyl (C=O) groups excluding carboxylic acids is 1. The van der Waals surface area contributed by atoms with Crippen LogP contribution in [0.2, 0.25) is 0 Å². The van der Waals surface area contributed by atoms with Gasteiger partial charge in [0.05, 0.1) is 0 Å². The van der Waals surface area contributed by atoms with Crippen molar-refractivity contribution >= 4 is 16.7 Å². The van der Waals surface area contributed by atoms with Gasteiger partial charge in [-0.1, -0.05) is 62.4 Å². The molecule has 2 nitrogen and oxygen atoms in total. The summed E-state index contributed by atoms with van der Waals surface area (Å²) < 4.78 is 5.70. The van der Waals surface area contributed by atoms with Crippen LogP contribution in [0.1, 0.15) is 31.9 Å². The summed E-state index contributed by atoms with van der Waals surface area (Å²) in [6.07, 6.45) is 0. The van der Waals surface area contributed by atoms with Gasteiger partial charge >= 0.3 is 5.97 Å². The van der Waals surface area contributed by atoms with Crippen molar-refractivity contribution in [3.8, 4) is 16.9 Å². The van der Waals surface area contributed by atoms with E-state index in [1.165, 1.54) is 23.6 Å². The van der Waals surface area contributed by atoms with Crippen molar-refractivity contribution < 1.29 is 9.53 Å². The fourth-order valence-electron chi connectivity index (χ4n) is 3.79. The second kappa shape index (κ2) is 4.69. The van der Waals surface area contributed by atoms with E-state index in [1.807, 2.05) is 18.2 Å². The molecule has 1 aliphatic carbocycles. The van der Waals surface area contributed by atoms with E-state index in [2.05, 4.69) is 50.2 Å². The third-order valence-corrected chi connectivity index (χ3v) is 4.76. The van der Waals surface area contributed by atoms with Gasteiger partial charge in [-0.3, -0.25) is 4.79 Å². The van der Waals surface area contributed by atoms with Crippen LogP contribution < -0.4 is 4.74 Å². The van der Waals surface area contributed by atoms with Crippen LogP contribution in [-0.2, 0) is 10.2 Å². The zero-order valence-corrected chi connectivity index (χ0v) is 13.5. The molecule has 3 aromatic rings. The van der Waals surface area contributed by atoms with Gasteiger partial charge in [0.1, 0.15) is 5.75 Å². The molecule has 0 unspecified atom stereocenters. The summed E-state index contributed by atoms with van der Waals surface area (Å²) in [6, 6.07) is 18.7. The molecule has 3 aromatic carbocycles. The lowest BCUT2D eigenvalue weighted by atomic mass is 9.81. The maximum Gasteiger partial charge on any atom is 0.308 e. The monoisotopic (exact) mass is 302 g/mol. The zero-order chi connectivity index (χ0) is 16.2. The fraction of sp³-hybridized carbons (Fsp3) is 0.190. The van der Waals surface area contributed by atoms with E-state index >= 15 is 0 Å². The van der Waals surface area contributed by atoms with Crippen molar-refractivity contribution in [2.75, 3.05) is 0 Å². The molecule has 114 valence electrons. The molecule has 0 aliphatic heterocycles. The van der Waals surface area contributed by atoms with Crippen molar-refractivity contribution in [3.63, 3.8) is 0 Å². The molecule has 2 heteroatoms. The first-order valence-corrected chi connectivity index (χ1v) is 7.84. The highest BCUT2D eigenvalue weighted by molar-refractivity contribution is 5.99. The van der Waals surface area contributed by atoms with Gasteiger partial charge in [0.25, 0.3) is 0 Å². The summed E-state index contributed by atoms with van der Waals surface area (Å²) in [5, 5.41) is 2.08. The first-order chi connectivity index (χ1) is 11.0. The molecule has 0 radical (unpaired) electrons. The predicted molar refractivity (Wildman–Crippen MR) is 92.8 cm³/mol. The van der Waals surface area contributed by atoms with Crippen LogP contribution in [0.25, 0.3) is 21.9 Å². The van der Waals surface area contributed by atoms with Gasteiger partial charge in [0, 0.05) is 23.3 Å². The van der Waals surface area contributed by atoms with Crippen molar-refractivity contribution in [2.24, 2.45) is 0 Å². The molecule has 0 fully saturated rings. The molecular formula is C21H18O2. The topological polar surface area (TPSA) is 26.3 Å². The Balaban J connectivity index is 2.16. The Kier molecular flexibility index (Phi) is 2.86. The maximum atomic E-state index is 11.7. The van der Waals surface area contributed by atoms with E-state index in [-0.39, 0.29) is 11.4 Å². The highest BCUT2D eigenvalue weighted by Crippen LogP contribution is 2.54. The van der Waals surface area contributed by atoms with E-state index in [4.69, 9.17) is 4.74 Å². The second-order valence-electron chi connectivity index (χ2n) is 6.61. The number of hydrogen-bond acceptors (Lipinski definition) is 2. The predicted octanol–water partition coefficient (Wildman–Crippen LogP) is 5.07. The minimum atomic E-state index is -0.282. The van der Waals surface area contributed by atoms with Gasteiger partial charge in [-0.05, 0) is 28.1 Å². The Morgan fingerprint density at radius 2 is 1.65 bits per heavy atom. The first-order valence-electron chi connectivity index (χ1n) is 7.84. The van der Waals surface area contributed by atoms with E-state index < -0.39 is 0 Å². The number of hydrogen-bond donors (Lipinski definition) is 0. The summed E-state index contributed by atoms with van der Waals surface area (Å²) in [7, 11) is 0. The summed E-state index contributed by atoms with van der Waals surface area (Å²) in [5.41, 5.74) is 4.58. The molecule has 4 rings (SSSR count). The van der Waals surface area contributed by atoms with Crippen molar-refractivity contribution in [3.05, 3.63) is 65.7 Å². The lowest BCUT2D eigenvalue weighted by Gasteiger charge is -2.24. The average Bonchev–Trinajstić information content (AvgIpc) is 2.75. The number of carbonyl (C=O) groups is 1. The Morgan fingerprint density at radius 3 is 2.43 bits per heavy atom. The molecule has 1 aliphatic rings. The number of rotatable bonds is 1. The third-order valence-electron chi connectivity index (χ3n) is 4.76. The van der Waals surface area contributed by atoms with Gasteiger partial charge in [-0.15, -0.1) is 0 Å². The smallest absolute Gasteiger partial charge is 0.308 e. The highest BCUT2D eigenvalue weighted by Gasteiger charge is 2.39. The van der Waals surface area contributed by atoms with Gasteiger partial charge in [-0.25, -0.2) is 0 Å². The molecule has 0 N–H and O–H groups in total. The van der Waals surface area contributed by atoms with Crippen molar-refractivity contribution in [2.45, 2.75) is 26.2 Å². The molecular weight excluding hydrogens is 284 g/mol. The van der Waals surface area contributed by atoms with E-state index in [0.29, 0.717) is 5.75 Å². The van der Waals surface area contributed by atoms with Crippen LogP contribution in [-0.4, -0.2) is 5.97 Å². The van der Waals surface area contributed by atoms with E-state index in [0.717, 1.165) is 16.3 Å².